The van der Waals surface area contributed by atoms with Gasteiger partial charge in [-0.2, -0.15) is 13.2 Å². The van der Waals surface area contributed by atoms with E-state index < -0.39 is 11.7 Å². The molecule has 4 heteroatoms. The second-order valence-electron chi connectivity index (χ2n) is 5.05. The fourth-order valence-corrected chi connectivity index (χ4v) is 2.14. The van der Waals surface area contributed by atoms with Gasteiger partial charge in [0.15, 0.2) is 0 Å². The van der Waals surface area contributed by atoms with Crippen molar-refractivity contribution in [2.24, 2.45) is 5.92 Å². The van der Waals surface area contributed by atoms with E-state index in [2.05, 4.69) is 5.32 Å². The summed E-state index contributed by atoms with van der Waals surface area (Å²) in [7, 11) is 0. The first kappa shape index (κ1) is 13.4. The summed E-state index contributed by atoms with van der Waals surface area (Å²) in [6.45, 7) is 2.81. The lowest BCUT2D eigenvalue weighted by atomic mass is 9.85. The van der Waals surface area contributed by atoms with Crippen molar-refractivity contribution in [1.29, 1.82) is 0 Å². The van der Waals surface area contributed by atoms with Gasteiger partial charge < -0.3 is 5.32 Å². The van der Waals surface area contributed by atoms with E-state index in [1.807, 2.05) is 6.92 Å². The van der Waals surface area contributed by atoms with Crippen LogP contribution >= 0.6 is 0 Å². The summed E-state index contributed by atoms with van der Waals surface area (Å²) in [6.07, 6.45) is -0.501. The Kier molecular flexibility index (Phi) is 3.95. The molecule has 0 bridgehead atoms. The van der Waals surface area contributed by atoms with E-state index in [0.717, 1.165) is 12.6 Å². The number of halogens is 3. The van der Waals surface area contributed by atoms with Gasteiger partial charge in [-0.3, -0.25) is 0 Å². The van der Waals surface area contributed by atoms with Crippen LogP contribution in [0.15, 0.2) is 24.3 Å². The molecule has 18 heavy (non-hydrogen) atoms. The Bertz CT molecular complexity index is 396. The minimum Gasteiger partial charge on any atom is -0.310 e. The lowest BCUT2D eigenvalue weighted by Crippen LogP contribution is -2.29. The first-order valence-electron chi connectivity index (χ1n) is 6.37. The predicted molar refractivity (Wildman–Crippen MR) is 65.2 cm³/mol. The Morgan fingerprint density at radius 3 is 2.61 bits per heavy atom. The van der Waals surface area contributed by atoms with E-state index in [1.165, 1.54) is 31.4 Å². The van der Waals surface area contributed by atoms with E-state index in [0.29, 0.717) is 11.5 Å². The highest BCUT2D eigenvalue weighted by Crippen LogP contribution is 2.31. The van der Waals surface area contributed by atoms with Crippen molar-refractivity contribution in [2.45, 2.75) is 38.4 Å². The normalized spacial score (nSPS) is 18.4. The van der Waals surface area contributed by atoms with Crippen LogP contribution in [-0.2, 0) is 6.18 Å². The Labute approximate surface area is 105 Å². The number of rotatable bonds is 4. The Morgan fingerprint density at radius 2 is 2.06 bits per heavy atom. The van der Waals surface area contributed by atoms with Crippen LogP contribution in [0, 0.1) is 5.92 Å². The number of hydrogen-bond donors (Lipinski definition) is 1. The molecule has 0 spiro atoms. The average Bonchev–Trinajstić information content (AvgIpc) is 2.26. The standard InChI is InChI=1S/C14H18F3N/c1-10(18-9-11-4-2-5-11)12-6-3-7-13(8-12)14(15,16)17/h3,6-8,10-11,18H,2,4-5,9H2,1H3. The van der Waals surface area contributed by atoms with E-state index in [1.54, 1.807) is 6.07 Å². The molecule has 1 unspecified atom stereocenters. The molecule has 0 aromatic heterocycles. The van der Waals surface area contributed by atoms with E-state index in [4.69, 9.17) is 0 Å². The molecule has 1 nitrogen and oxygen atoms in total. The molecule has 1 saturated carbocycles. The van der Waals surface area contributed by atoms with E-state index in [9.17, 15) is 13.2 Å². The molecule has 0 amide bonds. The molecule has 0 heterocycles. The molecule has 1 aliphatic rings. The van der Waals surface area contributed by atoms with Crippen molar-refractivity contribution < 1.29 is 13.2 Å². The van der Waals surface area contributed by atoms with Crippen LogP contribution in [0.5, 0.6) is 0 Å². The van der Waals surface area contributed by atoms with Gasteiger partial charge in [-0.15, -0.1) is 0 Å². The molecular formula is C14H18F3N. The second kappa shape index (κ2) is 5.31. The molecule has 0 radical (unpaired) electrons. The van der Waals surface area contributed by atoms with Crippen molar-refractivity contribution in [3.8, 4) is 0 Å². The largest absolute Gasteiger partial charge is 0.416 e. The summed E-state index contributed by atoms with van der Waals surface area (Å²) in [5.41, 5.74) is 0.126. The highest BCUT2D eigenvalue weighted by molar-refractivity contribution is 5.27. The molecule has 0 saturated heterocycles. The highest BCUT2D eigenvalue weighted by atomic mass is 19.4. The van der Waals surface area contributed by atoms with E-state index >= 15 is 0 Å². The summed E-state index contributed by atoms with van der Waals surface area (Å²) in [5.74, 6) is 0.707. The molecule has 100 valence electrons. The summed E-state index contributed by atoms with van der Waals surface area (Å²) in [5, 5.41) is 3.31. The van der Waals surface area contributed by atoms with Gasteiger partial charge in [-0.25, -0.2) is 0 Å². The average molecular weight is 257 g/mol. The molecule has 1 aliphatic carbocycles. The second-order valence-corrected chi connectivity index (χ2v) is 5.05. The molecule has 1 fully saturated rings. The molecule has 1 aromatic carbocycles. The molecule has 1 atom stereocenters. The van der Waals surface area contributed by atoms with Crippen molar-refractivity contribution in [3.63, 3.8) is 0 Å². The summed E-state index contributed by atoms with van der Waals surface area (Å²) < 4.78 is 37.8. The summed E-state index contributed by atoms with van der Waals surface area (Å²) >= 11 is 0. The smallest absolute Gasteiger partial charge is 0.310 e. The molecule has 2 rings (SSSR count). The number of nitrogens with one attached hydrogen (secondary N) is 1. The van der Waals surface area contributed by atoms with Crippen LogP contribution in [0.4, 0.5) is 13.2 Å². The maximum atomic E-state index is 12.6. The third kappa shape index (κ3) is 3.25. The zero-order valence-corrected chi connectivity index (χ0v) is 10.4. The first-order chi connectivity index (χ1) is 8.47. The van der Waals surface area contributed by atoms with Crippen LogP contribution < -0.4 is 5.32 Å². The van der Waals surface area contributed by atoms with Gasteiger partial charge in [0.25, 0.3) is 0 Å². The first-order valence-corrected chi connectivity index (χ1v) is 6.37. The van der Waals surface area contributed by atoms with Crippen LogP contribution in [0.3, 0.4) is 0 Å². The van der Waals surface area contributed by atoms with E-state index in [-0.39, 0.29) is 6.04 Å². The number of alkyl halides is 3. The van der Waals surface area contributed by atoms with Crippen molar-refractivity contribution in [1.82, 2.24) is 5.32 Å². The van der Waals surface area contributed by atoms with Crippen LogP contribution in [-0.4, -0.2) is 6.54 Å². The third-order valence-electron chi connectivity index (χ3n) is 3.65. The Hall–Kier alpha value is -1.03. The third-order valence-corrected chi connectivity index (χ3v) is 3.65. The van der Waals surface area contributed by atoms with Crippen LogP contribution in [0.25, 0.3) is 0 Å². The fraction of sp³-hybridized carbons (Fsp3) is 0.571. The van der Waals surface area contributed by atoms with Crippen molar-refractivity contribution in [2.75, 3.05) is 6.54 Å². The van der Waals surface area contributed by atoms with Gasteiger partial charge in [0.1, 0.15) is 0 Å². The van der Waals surface area contributed by atoms with Gasteiger partial charge in [-0.1, -0.05) is 18.6 Å². The lowest BCUT2D eigenvalue weighted by Gasteiger charge is -2.27. The minimum atomic E-state index is -4.26. The maximum Gasteiger partial charge on any atom is 0.416 e. The zero-order valence-electron chi connectivity index (χ0n) is 10.4. The minimum absolute atomic E-state index is 0.0344. The zero-order chi connectivity index (χ0) is 13.2. The molecule has 0 aliphatic heterocycles. The molecular weight excluding hydrogens is 239 g/mol. The fourth-order valence-electron chi connectivity index (χ4n) is 2.14. The Balaban J connectivity index is 1.98. The van der Waals surface area contributed by atoms with Crippen LogP contribution in [0.1, 0.15) is 43.4 Å². The highest BCUT2D eigenvalue weighted by Gasteiger charge is 2.30. The predicted octanol–water partition coefficient (Wildman–Crippen LogP) is 4.16. The van der Waals surface area contributed by atoms with Gasteiger partial charge in [0.05, 0.1) is 5.56 Å². The Morgan fingerprint density at radius 1 is 1.33 bits per heavy atom. The maximum absolute atomic E-state index is 12.6. The van der Waals surface area contributed by atoms with Gasteiger partial charge in [0.2, 0.25) is 0 Å². The molecule has 1 aromatic rings. The van der Waals surface area contributed by atoms with Crippen LogP contribution in [0.2, 0.25) is 0 Å². The number of hydrogen-bond acceptors (Lipinski definition) is 1. The summed E-state index contributed by atoms with van der Waals surface area (Å²) in [6, 6.07) is 5.53. The quantitative estimate of drug-likeness (QED) is 0.854. The van der Waals surface area contributed by atoms with Crippen molar-refractivity contribution >= 4 is 0 Å². The number of benzene rings is 1. The lowest BCUT2D eigenvalue weighted by molar-refractivity contribution is -0.137. The monoisotopic (exact) mass is 257 g/mol. The van der Waals surface area contributed by atoms with Gasteiger partial charge in [-0.05, 0) is 49.9 Å². The van der Waals surface area contributed by atoms with Crippen molar-refractivity contribution in [3.05, 3.63) is 35.4 Å². The van der Waals surface area contributed by atoms with Gasteiger partial charge in [0, 0.05) is 6.04 Å². The van der Waals surface area contributed by atoms with Gasteiger partial charge >= 0.3 is 6.18 Å². The SMILES string of the molecule is CC(NCC1CCC1)c1cccc(C(F)(F)F)c1. The topological polar surface area (TPSA) is 12.0 Å². The molecule has 1 N–H and O–H groups in total. The summed E-state index contributed by atoms with van der Waals surface area (Å²) in [4.78, 5) is 0.